The van der Waals surface area contributed by atoms with Crippen molar-refractivity contribution in [3.63, 3.8) is 0 Å². The molecule has 0 aromatic carbocycles. The Balaban J connectivity index is 0.000000406. The van der Waals surface area contributed by atoms with Gasteiger partial charge in [-0.2, -0.15) is 0 Å². The third-order valence-corrected chi connectivity index (χ3v) is 19.2. The number of nitrogens with zero attached hydrogens (tertiary/aromatic N) is 12. The fourth-order valence-electron chi connectivity index (χ4n) is 14.0. The maximum absolute atomic E-state index is 14.0. The van der Waals surface area contributed by atoms with Crippen molar-refractivity contribution in [3.8, 4) is 0 Å². The molecule has 0 aliphatic rings. The van der Waals surface area contributed by atoms with Crippen molar-refractivity contribution in [1.29, 1.82) is 0 Å². The summed E-state index contributed by atoms with van der Waals surface area (Å²) >= 11 is 19.1. The Bertz CT molecular complexity index is 4020. The molecule has 12 rings (SSSR count). The van der Waals surface area contributed by atoms with Gasteiger partial charge in [0.05, 0.1) is 10.7 Å². The molecule has 122 heavy (non-hydrogen) atoms. The van der Waals surface area contributed by atoms with Crippen LogP contribution in [0.3, 0.4) is 0 Å². The Morgan fingerprint density at radius 1 is 0.172 bits per heavy atom. The van der Waals surface area contributed by atoms with Gasteiger partial charge < -0.3 is 61.3 Å². The van der Waals surface area contributed by atoms with Crippen LogP contribution in [0.15, 0.2) is 293 Å². The predicted octanol–water partition coefficient (Wildman–Crippen LogP) is 5.87. The van der Waals surface area contributed by atoms with E-state index in [1.54, 1.807) is 218 Å². The molecule has 4 unspecified atom stereocenters. The molecular formula is C90H92Cl4Mn4N12O12. The fourth-order valence-corrected chi connectivity index (χ4v) is 14.0. The zero-order valence-electron chi connectivity index (χ0n) is 68.1. The normalized spacial score (nSPS) is 16.7. The van der Waals surface area contributed by atoms with E-state index in [-0.39, 0.29) is 199 Å². The van der Waals surface area contributed by atoms with Crippen LogP contribution in [-0.4, -0.2) is 70.5 Å². The van der Waals surface area contributed by atoms with Crippen LogP contribution in [0.1, 0.15) is 175 Å². The fraction of sp³-hybridized carbons (Fsp3) is 0.333. The molecule has 0 saturated heterocycles. The minimum atomic E-state index is -2.00. The van der Waals surface area contributed by atoms with Gasteiger partial charge in [0.15, 0.2) is 0 Å². The predicted molar refractivity (Wildman–Crippen MR) is 426 cm³/mol. The summed E-state index contributed by atoms with van der Waals surface area (Å²) in [5.74, 6) is 0. The van der Waals surface area contributed by atoms with E-state index in [2.05, 4.69) is 59.8 Å². The van der Waals surface area contributed by atoms with Gasteiger partial charge in [-0.25, -0.2) is 0 Å². The molecule has 0 spiro atoms. The molecule has 12 heterocycles. The second-order valence-electron chi connectivity index (χ2n) is 30.0. The van der Waals surface area contributed by atoms with Crippen molar-refractivity contribution in [2.45, 2.75) is 174 Å². The molecule has 32 heteroatoms. The van der Waals surface area contributed by atoms with Crippen LogP contribution in [0.5, 0.6) is 0 Å². The molecule has 12 atom stereocenters. The Morgan fingerprint density at radius 2 is 0.254 bits per heavy atom. The van der Waals surface area contributed by atoms with Crippen LogP contribution < -0.4 is 61.3 Å². The summed E-state index contributed by atoms with van der Waals surface area (Å²) in [6.07, 6.45) is 15.2. The quantitative estimate of drug-likeness (QED) is 0.0408. The first-order valence-electron chi connectivity index (χ1n) is 37.4. The summed E-state index contributed by atoms with van der Waals surface area (Å²) < 4.78 is 0. The molecule has 12 aromatic rings. The van der Waals surface area contributed by atoms with Gasteiger partial charge in [0.25, 0.3) is 0 Å². The smallest absolute Gasteiger partial charge is 0.845 e. The second-order valence-corrected chi connectivity index (χ2v) is 31.6. The Hall–Kier alpha value is -7.44. The topological polar surface area (TPSA) is 431 Å². The van der Waals surface area contributed by atoms with Gasteiger partial charge in [-0.3, -0.25) is 59.8 Å². The third-order valence-electron chi connectivity index (χ3n) is 19.2. The summed E-state index contributed by atoms with van der Waals surface area (Å²) in [6, 6.07) is 59.8. The van der Waals surface area contributed by atoms with E-state index >= 15 is 0 Å². The summed E-state index contributed by atoms with van der Waals surface area (Å²) in [6.45, 7) is 11.4. The Morgan fingerprint density at radius 3 is 0.328 bits per heavy atom. The Kier molecular flexibility index (Phi) is 44.1. The van der Waals surface area contributed by atoms with E-state index in [0.29, 0.717) is 0 Å². The zero-order chi connectivity index (χ0) is 86.4. The van der Waals surface area contributed by atoms with Crippen molar-refractivity contribution < 1.29 is 130 Å². The number of alkyl halides is 4. The second kappa shape index (κ2) is 49.5. The average molecular weight is 1900 g/mol. The van der Waals surface area contributed by atoms with Crippen LogP contribution in [0, 0.1) is 0 Å². The third kappa shape index (κ3) is 32.2. The molecule has 0 N–H and O–H groups in total. The van der Waals surface area contributed by atoms with E-state index in [1.165, 1.54) is 130 Å². The monoisotopic (exact) mass is 1890 g/mol. The number of hydrogen-bond acceptors (Lipinski definition) is 24. The zero-order valence-corrected chi connectivity index (χ0v) is 75.8. The van der Waals surface area contributed by atoms with Crippen molar-refractivity contribution in [2.75, 3.05) is 10.7 Å². The molecule has 0 fully saturated rings. The molecule has 12 aromatic heterocycles. The van der Waals surface area contributed by atoms with Crippen molar-refractivity contribution in [1.82, 2.24) is 59.8 Å². The number of hydrogen-bond donors (Lipinski definition) is 0. The summed E-state index contributed by atoms with van der Waals surface area (Å²) in [7, 11) is 0. The minimum absolute atomic E-state index is 0. The molecule has 0 aliphatic carbocycles. The van der Waals surface area contributed by atoms with Gasteiger partial charge >= 0.3 is 68.3 Å². The first-order valence-corrected chi connectivity index (χ1v) is 39.6. The van der Waals surface area contributed by atoms with Crippen LogP contribution in [0.4, 0.5) is 0 Å². The standard InChI is InChI=1S/4C22H22N3O3.2CH2Cl2.4Mn/c4*1-20(26,17-9-3-6-12-23-17)15-22(28,19-11-5-8-14-25-19)16-21(2,27)18-10-4-7-13-24-18;2*2-1-3;;;;/h4*3-14H,15-16H2,1-2H3;2*1H2;;;;/q4*-3;;;4*+3/t4*20-,21+,22?;;;;;;. The van der Waals surface area contributed by atoms with E-state index < -0.39 is 67.2 Å². The maximum atomic E-state index is 14.0. The summed E-state index contributed by atoms with van der Waals surface area (Å²) in [5.41, 5.74) is -19.4. The van der Waals surface area contributed by atoms with E-state index in [4.69, 9.17) is 46.4 Å². The largest absolute Gasteiger partial charge is 3.00 e. The van der Waals surface area contributed by atoms with Gasteiger partial charge in [-0.1, -0.05) is 247 Å². The van der Waals surface area contributed by atoms with E-state index in [9.17, 15) is 61.3 Å². The minimum Gasteiger partial charge on any atom is -0.845 e. The molecule has 0 bridgehead atoms. The molecule has 640 valence electrons. The van der Waals surface area contributed by atoms with E-state index in [1.807, 2.05) is 0 Å². The summed E-state index contributed by atoms with van der Waals surface area (Å²) in [5, 5.41) is 163. The number of rotatable bonds is 28. The maximum Gasteiger partial charge on any atom is 3.00 e. The summed E-state index contributed by atoms with van der Waals surface area (Å²) in [4.78, 5) is 49.7. The van der Waals surface area contributed by atoms with Gasteiger partial charge in [-0.15, -0.1) is 46.4 Å². The van der Waals surface area contributed by atoms with Gasteiger partial charge in [0, 0.05) is 143 Å². The van der Waals surface area contributed by atoms with Crippen molar-refractivity contribution in [3.05, 3.63) is 361 Å². The molecule has 0 amide bonds. The number of pyridine rings is 12. The average Bonchev–Trinajstić information content (AvgIpc) is 0.789. The van der Waals surface area contributed by atoms with E-state index in [0.717, 1.165) is 0 Å². The first kappa shape index (κ1) is 109. The Labute approximate surface area is 775 Å². The van der Waals surface area contributed by atoms with Crippen LogP contribution in [0.2, 0.25) is 0 Å². The van der Waals surface area contributed by atoms with Crippen LogP contribution >= 0.6 is 46.4 Å². The van der Waals surface area contributed by atoms with Crippen LogP contribution in [-0.2, 0) is 135 Å². The SMILES string of the molecule is C[C@]([O-])(CC([O-])(C[C@@](C)([O-])c1ccccn1)c1ccccn1)c1ccccn1.C[C@]([O-])(CC([O-])(C[C@@](C)([O-])c1ccccn1)c1ccccn1)c1ccccn1.C[C@]([O-])(CC([O-])(C[C@@](C)([O-])c1ccccn1)c1ccccn1)c1ccccn1.C[C@]([O-])(CC([O-])(C[C@@](C)([O-])c1ccccn1)c1ccccn1)c1ccccn1.ClCCl.ClCCl.[Mn+3].[Mn+3].[Mn+3].[Mn+3]. The van der Waals surface area contributed by atoms with Crippen LogP contribution in [0.25, 0.3) is 0 Å². The first-order chi connectivity index (χ1) is 55.7. The van der Waals surface area contributed by atoms with Gasteiger partial charge in [-0.05, 0) is 146 Å². The molecule has 0 radical (unpaired) electrons. The van der Waals surface area contributed by atoms with Gasteiger partial charge in [0.1, 0.15) is 0 Å². The molecule has 24 nitrogen and oxygen atoms in total. The van der Waals surface area contributed by atoms with Crippen molar-refractivity contribution >= 4 is 46.4 Å². The molecular weight excluding hydrogens is 1800 g/mol. The number of aromatic nitrogens is 12. The van der Waals surface area contributed by atoms with Gasteiger partial charge in [0.2, 0.25) is 0 Å². The number of halogens is 4. The molecule has 0 saturated carbocycles. The molecule has 0 aliphatic heterocycles. The van der Waals surface area contributed by atoms with Crippen molar-refractivity contribution in [2.24, 2.45) is 0 Å².